The number of methoxy groups -OCH3 is 3. The molecule has 1 aliphatic rings. The predicted molar refractivity (Wildman–Crippen MR) is 115 cm³/mol. The van der Waals surface area contributed by atoms with E-state index in [9.17, 15) is 0 Å². The van der Waals surface area contributed by atoms with E-state index in [0.29, 0.717) is 29.0 Å². The molecule has 2 N–H and O–H groups in total. The van der Waals surface area contributed by atoms with E-state index in [1.54, 1.807) is 25.8 Å². The van der Waals surface area contributed by atoms with Crippen LogP contribution in [0.15, 0.2) is 24.3 Å². The van der Waals surface area contributed by atoms with Gasteiger partial charge in [0.1, 0.15) is 5.82 Å². The number of aryl methyl sites for hydroxylation is 1. The van der Waals surface area contributed by atoms with Gasteiger partial charge in [0, 0.05) is 31.1 Å². The third-order valence-electron chi connectivity index (χ3n) is 5.65. The van der Waals surface area contributed by atoms with Crippen LogP contribution in [0.5, 0.6) is 17.2 Å². The Morgan fingerprint density at radius 3 is 2.47 bits per heavy atom. The Kier molecular flexibility index (Phi) is 5.67. The largest absolute Gasteiger partial charge is 0.493 e. The van der Waals surface area contributed by atoms with E-state index >= 15 is 0 Å². The summed E-state index contributed by atoms with van der Waals surface area (Å²) in [7, 11) is 4.90. The molecule has 30 heavy (non-hydrogen) atoms. The van der Waals surface area contributed by atoms with Gasteiger partial charge in [-0.25, -0.2) is 4.98 Å². The number of aromatic nitrogens is 3. The van der Waals surface area contributed by atoms with Crippen LogP contribution in [0.2, 0.25) is 0 Å². The molecule has 1 aromatic carbocycles. The number of benzene rings is 1. The average Bonchev–Trinajstić information content (AvgIpc) is 3.14. The molecule has 1 aliphatic heterocycles. The molecule has 0 bridgehead atoms. The van der Waals surface area contributed by atoms with Crippen molar-refractivity contribution < 1.29 is 14.2 Å². The summed E-state index contributed by atoms with van der Waals surface area (Å²) >= 11 is 0. The number of anilines is 1. The molecule has 1 fully saturated rings. The molecule has 0 unspecified atom stereocenters. The third-order valence-corrected chi connectivity index (χ3v) is 5.65. The maximum Gasteiger partial charge on any atom is 0.203 e. The molecular weight excluding hydrogens is 382 g/mol. The van der Waals surface area contributed by atoms with Crippen LogP contribution in [0.1, 0.15) is 35.7 Å². The average molecular weight is 412 g/mol. The number of piperidine rings is 1. The number of nitrogens with two attached hydrogens (primary N) is 1. The molecule has 3 aromatic rings. The van der Waals surface area contributed by atoms with Gasteiger partial charge in [-0.05, 0) is 44.0 Å². The maximum absolute atomic E-state index is 6.23. The van der Waals surface area contributed by atoms with Crippen molar-refractivity contribution in [2.24, 2.45) is 0 Å². The number of nitrogens with zero attached hydrogens (tertiary/aromatic N) is 4. The molecule has 3 heterocycles. The first-order valence-electron chi connectivity index (χ1n) is 10.2. The maximum atomic E-state index is 6.23. The molecular formula is C22H29N5O3. The summed E-state index contributed by atoms with van der Waals surface area (Å²) in [6.07, 6.45) is 2.21. The molecule has 4 rings (SSSR count). The second kappa shape index (κ2) is 8.39. The van der Waals surface area contributed by atoms with Crippen LogP contribution in [0, 0.1) is 6.92 Å². The van der Waals surface area contributed by atoms with Crippen molar-refractivity contribution in [3.05, 3.63) is 41.2 Å². The Hall–Kier alpha value is -3.00. The minimum Gasteiger partial charge on any atom is -0.493 e. The zero-order chi connectivity index (χ0) is 21.3. The van der Waals surface area contributed by atoms with E-state index in [1.807, 2.05) is 31.2 Å². The molecule has 8 nitrogen and oxygen atoms in total. The van der Waals surface area contributed by atoms with Crippen molar-refractivity contribution in [1.82, 2.24) is 19.5 Å². The van der Waals surface area contributed by atoms with Gasteiger partial charge in [-0.1, -0.05) is 0 Å². The summed E-state index contributed by atoms with van der Waals surface area (Å²) in [5, 5.41) is 4.40. The van der Waals surface area contributed by atoms with E-state index in [2.05, 4.69) is 10.00 Å². The van der Waals surface area contributed by atoms with Crippen LogP contribution in [0.25, 0.3) is 5.65 Å². The Morgan fingerprint density at radius 2 is 1.80 bits per heavy atom. The van der Waals surface area contributed by atoms with Gasteiger partial charge >= 0.3 is 0 Å². The summed E-state index contributed by atoms with van der Waals surface area (Å²) in [6.45, 7) is 4.72. The van der Waals surface area contributed by atoms with E-state index in [0.717, 1.165) is 55.1 Å². The highest BCUT2D eigenvalue weighted by atomic mass is 16.5. The summed E-state index contributed by atoms with van der Waals surface area (Å²) in [5.74, 6) is 2.94. The fourth-order valence-corrected chi connectivity index (χ4v) is 4.27. The lowest BCUT2D eigenvalue weighted by Gasteiger charge is -2.32. The molecule has 0 amide bonds. The molecule has 8 heteroatoms. The number of nitrogen functional groups attached to an aromatic ring is 1. The minimum atomic E-state index is 0.336. The molecule has 0 spiro atoms. The lowest BCUT2D eigenvalue weighted by molar-refractivity contribution is 0.198. The number of likely N-dealkylation sites (tertiary alicyclic amines) is 1. The Balaban J connectivity index is 1.55. The highest BCUT2D eigenvalue weighted by Crippen LogP contribution is 2.39. The lowest BCUT2D eigenvalue weighted by Crippen LogP contribution is -2.34. The Morgan fingerprint density at radius 1 is 1.07 bits per heavy atom. The number of hydrogen-bond acceptors (Lipinski definition) is 7. The van der Waals surface area contributed by atoms with Crippen molar-refractivity contribution in [2.45, 2.75) is 32.2 Å². The van der Waals surface area contributed by atoms with Crippen LogP contribution < -0.4 is 19.9 Å². The summed E-state index contributed by atoms with van der Waals surface area (Å²) in [6, 6.07) is 7.97. The summed E-state index contributed by atoms with van der Waals surface area (Å²) in [4.78, 5) is 7.28. The second-order valence-corrected chi connectivity index (χ2v) is 7.77. The van der Waals surface area contributed by atoms with Gasteiger partial charge in [-0.3, -0.25) is 4.90 Å². The van der Waals surface area contributed by atoms with Gasteiger partial charge in [0.25, 0.3) is 0 Å². The quantitative estimate of drug-likeness (QED) is 0.667. The van der Waals surface area contributed by atoms with Crippen LogP contribution >= 0.6 is 0 Å². The number of ether oxygens (including phenoxy) is 3. The molecule has 1 atom stereocenters. The lowest BCUT2D eigenvalue weighted by atomic mass is 9.94. The topological polar surface area (TPSA) is 87.1 Å². The second-order valence-electron chi connectivity index (χ2n) is 7.77. The normalized spacial score (nSPS) is 17.3. The molecule has 160 valence electrons. The highest BCUT2D eigenvalue weighted by molar-refractivity contribution is 5.54. The number of hydrogen-bond donors (Lipinski definition) is 1. The predicted octanol–water partition coefficient (Wildman–Crippen LogP) is 3.03. The number of rotatable bonds is 6. The van der Waals surface area contributed by atoms with Crippen molar-refractivity contribution in [3.8, 4) is 17.2 Å². The third kappa shape index (κ3) is 3.87. The molecule has 2 aromatic heterocycles. The summed E-state index contributed by atoms with van der Waals surface area (Å²) < 4.78 is 18.1. The van der Waals surface area contributed by atoms with E-state index in [-0.39, 0.29) is 0 Å². The van der Waals surface area contributed by atoms with Gasteiger partial charge < -0.3 is 19.9 Å². The van der Waals surface area contributed by atoms with Crippen LogP contribution in [-0.2, 0) is 6.54 Å². The molecule has 0 aliphatic carbocycles. The fourth-order valence-electron chi connectivity index (χ4n) is 4.27. The SMILES string of the molecule is COc1cc(CN2CCC[C@H](c3cc(N)n4nc(C)cc4n3)C2)cc(OC)c1OC. The van der Waals surface area contributed by atoms with Crippen molar-refractivity contribution in [2.75, 3.05) is 40.2 Å². The number of fused-ring (bicyclic) bond motifs is 1. The van der Waals surface area contributed by atoms with Crippen molar-refractivity contribution in [1.29, 1.82) is 0 Å². The van der Waals surface area contributed by atoms with Gasteiger partial charge in [0.2, 0.25) is 5.75 Å². The molecule has 0 radical (unpaired) electrons. The van der Waals surface area contributed by atoms with Gasteiger partial charge in [-0.2, -0.15) is 9.61 Å². The van der Waals surface area contributed by atoms with Gasteiger partial charge in [-0.15, -0.1) is 0 Å². The highest BCUT2D eigenvalue weighted by Gasteiger charge is 2.24. The first-order chi connectivity index (χ1) is 14.5. The van der Waals surface area contributed by atoms with Crippen LogP contribution in [0.3, 0.4) is 0 Å². The zero-order valence-corrected chi connectivity index (χ0v) is 18.0. The first kappa shape index (κ1) is 20.3. The van der Waals surface area contributed by atoms with Crippen molar-refractivity contribution >= 4 is 11.5 Å². The zero-order valence-electron chi connectivity index (χ0n) is 18.0. The van der Waals surface area contributed by atoms with Gasteiger partial charge in [0.05, 0.1) is 32.7 Å². The van der Waals surface area contributed by atoms with Crippen molar-refractivity contribution in [3.63, 3.8) is 0 Å². The Bertz CT molecular complexity index is 1020. The van der Waals surface area contributed by atoms with E-state index in [1.165, 1.54) is 0 Å². The van der Waals surface area contributed by atoms with E-state index in [4.69, 9.17) is 24.9 Å². The minimum absolute atomic E-state index is 0.336. The Labute approximate surface area is 176 Å². The molecule has 1 saturated heterocycles. The van der Waals surface area contributed by atoms with Crippen LogP contribution in [0.4, 0.5) is 5.82 Å². The monoisotopic (exact) mass is 411 g/mol. The fraction of sp³-hybridized carbons (Fsp3) is 0.455. The first-order valence-corrected chi connectivity index (χ1v) is 10.2. The smallest absolute Gasteiger partial charge is 0.203 e. The van der Waals surface area contributed by atoms with Gasteiger partial charge in [0.15, 0.2) is 17.1 Å². The van der Waals surface area contributed by atoms with Crippen LogP contribution in [-0.4, -0.2) is 53.9 Å². The molecule has 0 saturated carbocycles. The summed E-state index contributed by atoms with van der Waals surface area (Å²) in [5.41, 5.74) is 10.1. The standard InChI is InChI=1S/C22H29N5O3/c1-14-8-21-24-17(11-20(23)27(21)25-14)16-6-5-7-26(13-16)12-15-9-18(28-2)22(30-4)19(10-15)29-3/h8-11,16H,5-7,12-13,23H2,1-4H3/t16-/m0/s1. The van der Waals surface area contributed by atoms with E-state index < -0.39 is 0 Å².